The van der Waals surface area contributed by atoms with E-state index in [1.165, 1.54) is 10.9 Å². The molecule has 4 aromatic rings. The molecule has 0 radical (unpaired) electrons. The van der Waals surface area contributed by atoms with E-state index < -0.39 is 0 Å². The van der Waals surface area contributed by atoms with Crippen molar-refractivity contribution >= 4 is 28.4 Å². The molecular weight excluding hydrogens is 484 g/mol. The van der Waals surface area contributed by atoms with Gasteiger partial charge in [0.05, 0.1) is 0 Å². The summed E-state index contributed by atoms with van der Waals surface area (Å²) < 4.78 is 0. The normalized spacial score (nSPS) is 13.2. The minimum atomic E-state index is -0.0184. The zero-order valence-electron chi connectivity index (χ0n) is 23.0. The third-order valence-corrected chi connectivity index (χ3v) is 7.81. The van der Waals surface area contributed by atoms with Gasteiger partial charge in [-0.2, -0.15) is 0 Å². The van der Waals surface area contributed by atoms with Crippen molar-refractivity contribution in [2.75, 3.05) is 32.1 Å². The molecule has 39 heavy (non-hydrogen) atoms. The van der Waals surface area contributed by atoms with Gasteiger partial charge in [0.15, 0.2) is 0 Å². The molecule has 0 unspecified atom stereocenters. The Morgan fingerprint density at radius 2 is 1.49 bits per heavy atom. The predicted molar refractivity (Wildman–Crippen MR) is 157 cm³/mol. The van der Waals surface area contributed by atoms with Gasteiger partial charge in [0.1, 0.15) is 6.54 Å². The van der Waals surface area contributed by atoms with Gasteiger partial charge in [0.25, 0.3) is 0 Å². The van der Waals surface area contributed by atoms with Gasteiger partial charge < -0.3 is 19.7 Å². The molecule has 6 heteroatoms. The number of amides is 2. The van der Waals surface area contributed by atoms with E-state index in [1.54, 1.807) is 4.90 Å². The monoisotopic (exact) mass is 522 g/mol. The standard InChI is InChI=1S/C33H38N4O2/c1-35(2)29-17-15-26(16-18-29)22-36(20-19-28-21-34-31-14-7-6-13-30(28)31)32(38)24-37(33(39)27-11-8-12-27)23-25-9-4-3-5-10-25/h3-7,9-10,13-18,21,27,34H,8,11-12,19-20,22-24H2,1-2H3. The Hall–Kier alpha value is -4.06. The fraction of sp³-hybridized carbons (Fsp3) is 0.333. The third kappa shape index (κ3) is 6.51. The maximum atomic E-state index is 13.9. The molecular formula is C33H38N4O2. The minimum absolute atomic E-state index is 0.0184. The number of benzene rings is 3. The van der Waals surface area contributed by atoms with Crippen LogP contribution in [0.5, 0.6) is 0 Å². The number of nitrogens with one attached hydrogen (secondary N) is 1. The molecule has 0 saturated heterocycles. The van der Waals surface area contributed by atoms with E-state index in [0.29, 0.717) is 19.6 Å². The zero-order chi connectivity index (χ0) is 27.2. The Morgan fingerprint density at radius 1 is 0.821 bits per heavy atom. The van der Waals surface area contributed by atoms with Crippen molar-refractivity contribution in [2.24, 2.45) is 5.92 Å². The maximum Gasteiger partial charge on any atom is 0.242 e. The van der Waals surface area contributed by atoms with Crippen molar-refractivity contribution < 1.29 is 9.59 Å². The predicted octanol–water partition coefficient (Wildman–Crippen LogP) is 5.63. The van der Waals surface area contributed by atoms with E-state index in [9.17, 15) is 9.59 Å². The smallest absolute Gasteiger partial charge is 0.242 e. The summed E-state index contributed by atoms with van der Waals surface area (Å²) in [5, 5.41) is 1.19. The van der Waals surface area contributed by atoms with Crippen LogP contribution in [0.25, 0.3) is 10.9 Å². The van der Waals surface area contributed by atoms with Gasteiger partial charge >= 0.3 is 0 Å². The Bertz CT molecular complexity index is 1390. The van der Waals surface area contributed by atoms with Crippen molar-refractivity contribution in [3.63, 3.8) is 0 Å². The van der Waals surface area contributed by atoms with E-state index in [4.69, 9.17) is 0 Å². The van der Waals surface area contributed by atoms with Crippen LogP contribution in [0.2, 0.25) is 0 Å². The molecule has 1 aliphatic rings. The van der Waals surface area contributed by atoms with Gasteiger partial charge in [-0.25, -0.2) is 0 Å². The van der Waals surface area contributed by atoms with Gasteiger partial charge in [-0.1, -0.05) is 67.1 Å². The highest BCUT2D eigenvalue weighted by molar-refractivity contribution is 5.86. The Labute approximate surface area is 231 Å². The van der Waals surface area contributed by atoms with Crippen molar-refractivity contribution in [3.8, 4) is 0 Å². The van der Waals surface area contributed by atoms with E-state index in [1.807, 2.05) is 67.7 Å². The summed E-state index contributed by atoms with van der Waals surface area (Å²) in [6.07, 6.45) is 5.70. The molecule has 0 aliphatic heterocycles. The van der Waals surface area contributed by atoms with Gasteiger partial charge in [0, 0.05) is 62.4 Å². The first-order valence-corrected chi connectivity index (χ1v) is 13.9. The molecule has 0 bridgehead atoms. The second-order valence-corrected chi connectivity index (χ2v) is 10.8. The Morgan fingerprint density at radius 3 is 2.18 bits per heavy atom. The van der Waals surface area contributed by atoms with Crippen LogP contribution in [0.15, 0.2) is 85.1 Å². The van der Waals surface area contributed by atoms with Crippen LogP contribution in [-0.4, -0.2) is 53.8 Å². The highest BCUT2D eigenvalue weighted by atomic mass is 16.2. The molecule has 6 nitrogen and oxygen atoms in total. The number of aromatic nitrogens is 1. The summed E-state index contributed by atoms with van der Waals surface area (Å²) in [6, 6.07) is 26.6. The Kier molecular flexibility index (Phi) is 8.30. The molecule has 1 saturated carbocycles. The fourth-order valence-corrected chi connectivity index (χ4v) is 5.20. The Balaban J connectivity index is 1.35. The molecule has 1 fully saturated rings. The summed E-state index contributed by atoms with van der Waals surface area (Å²) in [5.41, 5.74) is 5.54. The van der Waals surface area contributed by atoms with Gasteiger partial charge in [0.2, 0.25) is 11.8 Å². The number of rotatable bonds is 11. The van der Waals surface area contributed by atoms with Crippen LogP contribution >= 0.6 is 0 Å². The quantitative estimate of drug-likeness (QED) is 0.278. The zero-order valence-corrected chi connectivity index (χ0v) is 23.0. The number of nitrogens with zero attached hydrogens (tertiary/aromatic N) is 3. The van der Waals surface area contributed by atoms with Crippen LogP contribution in [-0.2, 0) is 29.1 Å². The average molecular weight is 523 g/mol. The molecule has 0 spiro atoms. The van der Waals surface area contributed by atoms with Gasteiger partial charge in [-0.05, 0) is 54.2 Å². The highest BCUT2D eigenvalue weighted by Crippen LogP contribution is 2.29. The topological polar surface area (TPSA) is 59.7 Å². The van der Waals surface area contributed by atoms with Crippen LogP contribution in [0, 0.1) is 5.92 Å². The molecule has 0 atom stereocenters. The number of H-pyrrole nitrogens is 1. The number of carbonyl (C=O) groups excluding carboxylic acids is 2. The molecule has 1 aliphatic carbocycles. The largest absolute Gasteiger partial charge is 0.378 e. The van der Waals surface area contributed by atoms with Crippen molar-refractivity contribution in [3.05, 3.63) is 102 Å². The second-order valence-electron chi connectivity index (χ2n) is 10.8. The van der Waals surface area contributed by atoms with Crippen molar-refractivity contribution in [1.82, 2.24) is 14.8 Å². The highest BCUT2D eigenvalue weighted by Gasteiger charge is 2.31. The molecule has 202 valence electrons. The van der Waals surface area contributed by atoms with E-state index in [0.717, 1.165) is 48.0 Å². The number of hydrogen-bond donors (Lipinski definition) is 1. The number of anilines is 1. The lowest BCUT2D eigenvalue weighted by atomic mass is 9.84. The summed E-state index contributed by atoms with van der Waals surface area (Å²) in [7, 11) is 4.04. The molecule has 5 rings (SSSR count). The second kappa shape index (κ2) is 12.2. The summed E-state index contributed by atoms with van der Waals surface area (Å²) in [4.78, 5) is 36.4. The first kappa shape index (κ1) is 26.5. The summed E-state index contributed by atoms with van der Waals surface area (Å²) in [5.74, 6) is 0.125. The lowest BCUT2D eigenvalue weighted by molar-refractivity contribution is -0.145. The third-order valence-electron chi connectivity index (χ3n) is 7.81. The van der Waals surface area contributed by atoms with Crippen molar-refractivity contribution in [2.45, 2.75) is 38.8 Å². The number of aromatic amines is 1. The number of para-hydroxylation sites is 1. The van der Waals surface area contributed by atoms with E-state index in [2.05, 4.69) is 46.3 Å². The van der Waals surface area contributed by atoms with Crippen LogP contribution in [0.1, 0.15) is 36.0 Å². The van der Waals surface area contributed by atoms with Crippen LogP contribution in [0.3, 0.4) is 0 Å². The van der Waals surface area contributed by atoms with Gasteiger partial charge in [-0.3, -0.25) is 9.59 Å². The molecule has 1 aromatic heterocycles. The van der Waals surface area contributed by atoms with E-state index >= 15 is 0 Å². The first-order valence-electron chi connectivity index (χ1n) is 13.9. The number of hydrogen-bond acceptors (Lipinski definition) is 3. The summed E-state index contributed by atoms with van der Waals surface area (Å²) >= 11 is 0. The average Bonchev–Trinajstić information content (AvgIpc) is 3.33. The molecule has 1 heterocycles. The molecule has 2 amide bonds. The number of carbonyl (C=O) groups is 2. The number of fused-ring (bicyclic) bond motifs is 1. The SMILES string of the molecule is CN(C)c1ccc(CN(CCc2c[nH]c3ccccc23)C(=O)CN(Cc2ccccc2)C(=O)C2CCC2)cc1. The fourth-order valence-electron chi connectivity index (χ4n) is 5.20. The molecule has 3 aromatic carbocycles. The molecule has 1 N–H and O–H groups in total. The van der Waals surface area contributed by atoms with Gasteiger partial charge in [-0.15, -0.1) is 0 Å². The van der Waals surface area contributed by atoms with Crippen LogP contribution < -0.4 is 4.90 Å². The lowest BCUT2D eigenvalue weighted by Gasteiger charge is -2.33. The lowest BCUT2D eigenvalue weighted by Crippen LogP contribution is -2.46. The van der Waals surface area contributed by atoms with Crippen molar-refractivity contribution in [1.29, 1.82) is 0 Å². The van der Waals surface area contributed by atoms with E-state index in [-0.39, 0.29) is 24.3 Å². The minimum Gasteiger partial charge on any atom is -0.378 e. The maximum absolute atomic E-state index is 13.9. The van der Waals surface area contributed by atoms with Crippen LogP contribution in [0.4, 0.5) is 5.69 Å². The first-order chi connectivity index (χ1) is 19.0. The summed E-state index contributed by atoms with van der Waals surface area (Å²) in [6.45, 7) is 1.63.